The number of hydrogen-bond acceptors (Lipinski definition) is 2. The molecule has 0 aliphatic heterocycles. The molecule has 20 heavy (non-hydrogen) atoms. The molecule has 1 aromatic rings. The Hall–Kier alpha value is -2.11. The molecule has 0 atom stereocenters. The summed E-state index contributed by atoms with van der Waals surface area (Å²) in [6, 6.07) is 5.47. The molecule has 3 amide bonds. The first kappa shape index (κ1) is 15.9. The lowest BCUT2D eigenvalue weighted by atomic mass is 10.2. The molecule has 0 aromatic heterocycles. The fourth-order valence-electron chi connectivity index (χ4n) is 1.45. The number of nitrogens with one attached hydrogen (secondary N) is 3. The van der Waals surface area contributed by atoms with E-state index in [4.69, 9.17) is 0 Å². The highest BCUT2D eigenvalue weighted by molar-refractivity contribution is 5.94. The summed E-state index contributed by atoms with van der Waals surface area (Å²) in [4.78, 5) is 23.0. The zero-order valence-electron chi connectivity index (χ0n) is 11.7. The lowest BCUT2D eigenvalue weighted by Crippen LogP contribution is -2.41. The number of carbonyl (C=O) groups excluding carboxylic acids is 2. The molecule has 5 nitrogen and oxygen atoms in total. The van der Waals surface area contributed by atoms with E-state index in [9.17, 15) is 14.0 Å². The molecule has 1 rings (SSSR count). The molecule has 0 saturated carbocycles. The number of rotatable bonds is 6. The second kappa shape index (κ2) is 8.14. The van der Waals surface area contributed by atoms with Crippen molar-refractivity contribution in [2.24, 2.45) is 5.92 Å². The number of hydrogen-bond donors (Lipinski definition) is 3. The molecule has 0 unspecified atom stereocenters. The van der Waals surface area contributed by atoms with Crippen molar-refractivity contribution in [3.05, 3.63) is 35.6 Å². The molecule has 0 heterocycles. The van der Waals surface area contributed by atoms with Gasteiger partial charge in [0.15, 0.2) is 0 Å². The summed E-state index contributed by atoms with van der Waals surface area (Å²) in [5.74, 6) is -0.679. The van der Waals surface area contributed by atoms with Crippen molar-refractivity contribution in [2.75, 3.05) is 19.6 Å². The van der Waals surface area contributed by atoms with Crippen LogP contribution in [0.1, 0.15) is 24.2 Å². The molecule has 0 radical (unpaired) electrons. The van der Waals surface area contributed by atoms with Gasteiger partial charge in [0.1, 0.15) is 5.82 Å². The summed E-state index contributed by atoms with van der Waals surface area (Å²) in [6.45, 7) is 5.10. The lowest BCUT2D eigenvalue weighted by Gasteiger charge is -2.10. The normalized spacial score (nSPS) is 10.2. The summed E-state index contributed by atoms with van der Waals surface area (Å²) in [5, 5.41) is 7.83. The van der Waals surface area contributed by atoms with Crippen molar-refractivity contribution < 1.29 is 14.0 Å². The quantitative estimate of drug-likeness (QED) is 0.692. The fourth-order valence-corrected chi connectivity index (χ4v) is 1.45. The van der Waals surface area contributed by atoms with Crippen molar-refractivity contribution in [3.63, 3.8) is 0 Å². The predicted octanol–water partition coefficient (Wildman–Crippen LogP) is 1.51. The van der Waals surface area contributed by atoms with E-state index in [0.29, 0.717) is 12.5 Å². The van der Waals surface area contributed by atoms with Crippen LogP contribution in [0.25, 0.3) is 0 Å². The van der Waals surface area contributed by atoms with Crippen LogP contribution in [0, 0.1) is 11.7 Å². The fraction of sp³-hybridized carbons (Fsp3) is 0.429. The molecule has 0 saturated heterocycles. The van der Waals surface area contributed by atoms with Crippen LogP contribution in [0.4, 0.5) is 9.18 Å². The maximum absolute atomic E-state index is 13.3. The first-order valence-corrected chi connectivity index (χ1v) is 6.55. The predicted molar refractivity (Wildman–Crippen MR) is 75.0 cm³/mol. The third kappa shape index (κ3) is 5.69. The molecule has 0 fully saturated rings. The van der Waals surface area contributed by atoms with Crippen molar-refractivity contribution >= 4 is 11.9 Å². The number of urea groups is 1. The number of amides is 3. The largest absolute Gasteiger partial charge is 0.350 e. The molecule has 6 heteroatoms. The summed E-state index contributed by atoms with van der Waals surface area (Å²) in [7, 11) is 0. The van der Waals surface area contributed by atoms with Gasteiger partial charge >= 0.3 is 6.03 Å². The summed E-state index contributed by atoms with van der Waals surface area (Å²) < 4.78 is 13.3. The van der Waals surface area contributed by atoms with Gasteiger partial charge in [-0.1, -0.05) is 26.0 Å². The summed E-state index contributed by atoms with van der Waals surface area (Å²) in [6.07, 6.45) is 0. The van der Waals surface area contributed by atoms with Gasteiger partial charge in [0, 0.05) is 19.6 Å². The molecule has 0 aliphatic carbocycles. The summed E-state index contributed by atoms with van der Waals surface area (Å²) in [5.41, 5.74) is -0.00300. The van der Waals surface area contributed by atoms with Crippen LogP contribution >= 0.6 is 0 Å². The Bertz CT molecular complexity index is 463. The molecule has 0 aliphatic rings. The Labute approximate surface area is 117 Å². The Balaban J connectivity index is 2.23. The number of benzene rings is 1. The van der Waals surface area contributed by atoms with E-state index in [-0.39, 0.29) is 24.7 Å². The van der Waals surface area contributed by atoms with Crippen LogP contribution in [0.2, 0.25) is 0 Å². The second-order valence-electron chi connectivity index (χ2n) is 4.77. The van der Waals surface area contributed by atoms with E-state index in [1.165, 1.54) is 18.2 Å². The van der Waals surface area contributed by atoms with Crippen molar-refractivity contribution in [2.45, 2.75) is 13.8 Å². The third-order valence-electron chi connectivity index (χ3n) is 2.49. The Morgan fingerprint density at radius 1 is 1.10 bits per heavy atom. The maximum atomic E-state index is 13.3. The molecule has 0 spiro atoms. The van der Waals surface area contributed by atoms with E-state index < -0.39 is 11.7 Å². The van der Waals surface area contributed by atoms with Gasteiger partial charge in [0.05, 0.1) is 5.56 Å². The average Bonchev–Trinajstić information content (AvgIpc) is 2.41. The van der Waals surface area contributed by atoms with Gasteiger partial charge in [0.25, 0.3) is 5.91 Å². The molecular weight excluding hydrogens is 261 g/mol. The zero-order valence-corrected chi connectivity index (χ0v) is 11.7. The van der Waals surface area contributed by atoms with E-state index in [1.54, 1.807) is 6.07 Å². The zero-order chi connectivity index (χ0) is 15.0. The van der Waals surface area contributed by atoms with Gasteiger partial charge in [-0.15, -0.1) is 0 Å². The van der Waals surface area contributed by atoms with E-state index in [1.807, 2.05) is 13.8 Å². The Kier molecular flexibility index (Phi) is 6.49. The first-order chi connectivity index (χ1) is 9.50. The van der Waals surface area contributed by atoms with Crippen molar-refractivity contribution in [1.82, 2.24) is 16.0 Å². The van der Waals surface area contributed by atoms with Crippen LogP contribution in [0.5, 0.6) is 0 Å². The molecular formula is C14H20FN3O2. The minimum atomic E-state index is -0.562. The third-order valence-corrected chi connectivity index (χ3v) is 2.49. The van der Waals surface area contributed by atoms with Crippen LogP contribution < -0.4 is 16.0 Å². The lowest BCUT2D eigenvalue weighted by molar-refractivity contribution is 0.0950. The SMILES string of the molecule is CC(C)CNC(=O)NCCNC(=O)c1ccccc1F. The number of carbonyl (C=O) groups is 2. The van der Waals surface area contributed by atoms with Crippen molar-refractivity contribution in [3.8, 4) is 0 Å². The maximum Gasteiger partial charge on any atom is 0.314 e. The van der Waals surface area contributed by atoms with E-state index in [2.05, 4.69) is 16.0 Å². The van der Waals surface area contributed by atoms with Crippen LogP contribution in [-0.4, -0.2) is 31.6 Å². The number of halogens is 1. The highest BCUT2D eigenvalue weighted by Gasteiger charge is 2.09. The highest BCUT2D eigenvalue weighted by atomic mass is 19.1. The highest BCUT2D eigenvalue weighted by Crippen LogP contribution is 2.05. The minimum Gasteiger partial charge on any atom is -0.350 e. The van der Waals surface area contributed by atoms with Gasteiger partial charge in [-0.3, -0.25) is 4.79 Å². The van der Waals surface area contributed by atoms with Gasteiger partial charge in [-0.25, -0.2) is 9.18 Å². The summed E-state index contributed by atoms with van der Waals surface area (Å²) >= 11 is 0. The van der Waals surface area contributed by atoms with E-state index in [0.717, 1.165) is 0 Å². The average molecular weight is 281 g/mol. The van der Waals surface area contributed by atoms with Gasteiger partial charge in [-0.2, -0.15) is 0 Å². The Morgan fingerprint density at radius 2 is 1.75 bits per heavy atom. The van der Waals surface area contributed by atoms with Crippen molar-refractivity contribution in [1.29, 1.82) is 0 Å². The second-order valence-corrected chi connectivity index (χ2v) is 4.77. The van der Waals surface area contributed by atoms with Gasteiger partial charge in [-0.05, 0) is 18.1 Å². The monoisotopic (exact) mass is 281 g/mol. The van der Waals surface area contributed by atoms with Gasteiger partial charge in [0.2, 0.25) is 0 Å². The molecule has 110 valence electrons. The smallest absolute Gasteiger partial charge is 0.314 e. The standard InChI is InChI=1S/C14H20FN3O2/c1-10(2)9-18-14(20)17-8-7-16-13(19)11-5-3-4-6-12(11)15/h3-6,10H,7-9H2,1-2H3,(H,16,19)(H2,17,18,20). The first-order valence-electron chi connectivity index (χ1n) is 6.55. The molecule has 1 aromatic carbocycles. The van der Waals surface area contributed by atoms with Crippen LogP contribution in [0.15, 0.2) is 24.3 Å². The topological polar surface area (TPSA) is 70.2 Å². The van der Waals surface area contributed by atoms with Gasteiger partial charge < -0.3 is 16.0 Å². The minimum absolute atomic E-state index is 0.00300. The van der Waals surface area contributed by atoms with E-state index >= 15 is 0 Å². The van der Waals surface area contributed by atoms with Crippen LogP contribution in [-0.2, 0) is 0 Å². The molecule has 3 N–H and O–H groups in total. The van der Waals surface area contributed by atoms with Crippen LogP contribution in [0.3, 0.4) is 0 Å². The Morgan fingerprint density at radius 3 is 2.40 bits per heavy atom. The molecule has 0 bridgehead atoms.